The molecule has 2 N–H and O–H groups in total. The zero-order chi connectivity index (χ0) is 20.3. The number of benzene rings is 2. The lowest BCUT2D eigenvalue weighted by Crippen LogP contribution is -2.30. The van der Waals surface area contributed by atoms with Crippen LogP contribution < -0.4 is 5.32 Å². The standard InChI is InChI=1S/C19H16ClN3O4S/c1-23-17(25)15(28-19(23)22-14-8-4-12(20)5-9-14)10-16(24)21-13-6-2-11(3-7-13)18(26)27/h2-9,15H,10H2,1H3,(H,21,24)(H,26,27)/t15-/m0/s1. The van der Waals surface area contributed by atoms with Gasteiger partial charge in [-0.1, -0.05) is 23.4 Å². The van der Waals surface area contributed by atoms with E-state index in [4.69, 9.17) is 16.7 Å². The van der Waals surface area contributed by atoms with Gasteiger partial charge in [-0.2, -0.15) is 0 Å². The summed E-state index contributed by atoms with van der Waals surface area (Å²) in [4.78, 5) is 41.4. The molecule has 0 aliphatic carbocycles. The Morgan fingerprint density at radius 2 is 1.82 bits per heavy atom. The Hall–Kier alpha value is -2.84. The summed E-state index contributed by atoms with van der Waals surface area (Å²) in [7, 11) is 1.62. The third kappa shape index (κ3) is 4.71. The number of amides is 2. The fourth-order valence-corrected chi connectivity index (χ4v) is 3.78. The predicted octanol–water partition coefficient (Wildman–Crippen LogP) is 3.63. The molecule has 0 unspecified atom stereocenters. The second kappa shape index (κ2) is 8.45. The fourth-order valence-electron chi connectivity index (χ4n) is 2.50. The van der Waals surface area contributed by atoms with Crippen LogP contribution in [-0.4, -0.2) is 45.3 Å². The minimum absolute atomic E-state index is 0.0197. The van der Waals surface area contributed by atoms with Gasteiger partial charge >= 0.3 is 5.97 Å². The summed E-state index contributed by atoms with van der Waals surface area (Å²) in [5.74, 6) is -1.58. The predicted molar refractivity (Wildman–Crippen MR) is 109 cm³/mol. The van der Waals surface area contributed by atoms with Crippen molar-refractivity contribution in [2.24, 2.45) is 4.99 Å². The van der Waals surface area contributed by atoms with Gasteiger partial charge in [0.2, 0.25) is 11.8 Å². The number of carbonyl (C=O) groups excluding carboxylic acids is 2. The van der Waals surface area contributed by atoms with Crippen LogP contribution in [0.2, 0.25) is 5.02 Å². The number of nitrogens with one attached hydrogen (secondary N) is 1. The smallest absolute Gasteiger partial charge is 0.335 e. The van der Waals surface area contributed by atoms with E-state index in [1.807, 2.05) is 0 Å². The van der Waals surface area contributed by atoms with E-state index < -0.39 is 11.2 Å². The molecule has 1 saturated heterocycles. The molecule has 144 valence electrons. The normalized spacial score (nSPS) is 17.8. The monoisotopic (exact) mass is 417 g/mol. The van der Waals surface area contributed by atoms with Crippen LogP contribution in [0, 0.1) is 0 Å². The molecule has 1 aliphatic rings. The van der Waals surface area contributed by atoms with Crippen molar-refractivity contribution < 1.29 is 19.5 Å². The summed E-state index contributed by atoms with van der Waals surface area (Å²) in [6.45, 7) is 0. The highest BCUT2D eigenvalue weighted by molar-refractivity contribution is 8.15. The number of amidine groups is 1. The topological polar surface area (TPSA) is 99.1 Å². The first-order valence-electron chi connectivity index (χ1n) is 8.25. The van der Waals surface area contributed by atoms with Crippen LogP contribution in [-0.2, 0) is 9.59 Å². The average Bonchev–Trinajstić information content (AvgIpc) is 2.92. The van der Waals surface area contributed by atoms with E-state index in [9.17, 15) is 14.4 Å². The Balaban J connectivity index is 1.63. The third-order valence-electron chi connectivity index (χ3n) is 3.98. The SMILES string of the molecule is CN1C(=O)[C@H](CC(=O)Nc2ccc(C(=O)O)cc2)SC1=Nc1ccc(Cl)cc1. The van der Waals surface area contributed by atoms with E-state index in [0.717, 1.165) is 0 Å². The molecule has 3 rings (SSSR count). The molecular formula is C19H16ClN3O4S. The molecule has 7 nitrogen and oxygen atoms in total. The van der Waals surface area contributed by atoms with Crippen LogP contribution in [0.25, 0.3) is 0 Å². The molecule has 2 aromatic carbocycles. The van der Waals surface area contributed by atoms with Gasteiger partial charge in [0.25, 0.3) is 0 Å². The van der Waals surface area contributed by atoms with E-state index in [1.165, 1.54) is 40.9 Å². The van der Waals surface area contributed by atoms with Crippen molar-refractivity contribution in [1.29, 1.82) is 0 Å². The Morgan fingerprint density at radius 1 is 1.18 bits per heavy atom. The van der Waals surface area contributed by atoms with Crippen LogP contribution >= 0.6 is 23.4 Å². The number of halogens is 1. The zero-order valence-electron chi connectivity index (χ0n) is 14.8. The number of aliphatic imine (C=N–C) groups is 1. The highest BCUT2D eigenvalue weighted by atomic mass is 35.5. The number of carboxylic acids is 1. The summed E-state index contributed by atoms with van der Waals surface area (Å²) >= 11 is 7.09. The second-order valence-electron chi connectivity index (χ2n) is 6.01. The first kappa shape index (κ1) is 19.9. The number of carbonyl (C=O) groups is 3. The lowest BCUT2D eigenvalue weighted by Gasteiger charge is -2.09. The summed E-state index contributed by atoms with van der Waals surface area (Å²) < 4.78 is 0. The summed E-state index contributed by atoms with van der Waals surface area (Å²) in [5, 5.41) is 12.1. The quantitative estimate of drug-likeness (QED) is 0.773. The lowest BCUT2D eigenvalue weighted by atomic mass is 10.2. The van der Waals surface area contributed by atoms with Gasteiger partial charge in [-0.3, -0.25) is 14.5 Å². The molecule has 0 spiro atoms. The van der Waals surface area contributed by atoms with Crippen molar-refractivity contribution in [2.45, 2.75) is 11.7 Å². The van der Waals surface area contributed by atoms with Crippen LogP contribution in [0.5, 0.6) is 0 Å². The van der Waals surface area contributed by atoms with E-state index in [1.54, 1.807) is 31.3 Å². The van der Waals surface area contributed by atoms with E-state index >= 15 is 0 Å². The van der Waals surface area contributed by atoms with Gasteiger partial charge in [-0.15, -0.1) is 0 Å². The molecule has 1 aliphatic heterocycles. The zero-order valence-corrected chi connectivity index (χ0v) is 16.3. The van der Waals surface area contributed by atoms with Crippen molar-refractivity contribution in [3.8, 4) is 0 Å². The van der Waals surface area contributed by atoms with Crippen molar-refractivity contribution in [1.82, 2.24) is 4.90 Å². The average molecular weight is 418 g/mol. The van der Waals surface area contributed by atoms with Crippen molar-refractivity contribution >= 4 is 57.7 Å². The maximum atomic E-state index is 12.4. The minimum Gasteiger partial charge on any atom is -0.478 e. The van der Waals surface area contributed by atoms with Crippen molar-refractivity contribution in [2.75, 3.05) is 12.4 Å². The molecule has 1 heterocycles. The lowest BCUT2D eigenvalue weighted by molar-refractivity contribution is -0.127. The number of anilines is 1. The van der Waals surface area contributed by atoms with Gasteiger partial charge < -0.3 is 10.4 Å². The van der Waals surface area contributed by atoms with Gasteiger partial charge in [-0.05, 0) is 48.5 Å². The number of hydrogen-bond acceptors (Lipinski definition) is 5. The molecule has 2 aromatic rings. The van der Waals surface area contributed by atoms with Gasteiger partial charge in [0, 0.05) is 24.2 Å². The molecule has 9 heteroatoms. The van der Waals surface area contributed by atoms with Gasteiger partial charge in [0.1, 0.15) is 5.25 Å². The molecule has 28 heavy (non-hydrogen) atoms. The Morgan fingerprint density at radius 3 is 2.43 bits per heavy atom. The molecule has 0 aromatic heterocycles. The van der Waals surface area contributed by atoms with E-state index in [0.29, 0.717) is 21.6 Å². The summed E-state index contributed by atoms with van der Waals surface area (Å²) in [6, 6.07) is 12.7. The molecule has 0 saturated carbocycles. The van der Waals surface area contributed by atoms with Gasteiger partial charge in [0.05, 0.1) is 11.3 Å². The number of aromatic carboxylic acids is 1. The van der Waals surface area contributed by atoms with E-state index in [2.05, 4.69) is 10.3 Å². The van der Waals surface area contributed by atoms with Crippen molar-refractivity contribution in [3.63, 3.8) is 0 Å². The van der Waals surface area contributed by atoms with Crippen LogP contribution in [0.1, 0.15) is 16.8 Å². The fraction of sp³-hybridized carbons (Fsp3) is 0.158. The summed E-state index contributed by atoms with van der Waals surface area (Å²) in [5.41, 5.74) is 1.26. The Kier molecular flexibility index (Phi) is 6.01. The Bertz CT molecular complexity index is 945. The molecular weight excluding hydrogens is 402 g/mol. The maximum absolute atomic E-state index is 12.4. The van der Waals surface area contributed by atoms with Gasteiger partial charge in [0.15, 0.2) is 5.17 Å². The highest BCUT2D eigenvalue weighted by Gasteiger charge is 2.37. The molecule has 1 fully saturated rings. The molecule has 0 bridgehead atoms. The van der Waals surface area contributed by atoms with E-state index in [-0.39, 0.29) is 23.8 Å². The number of thioether (sulfide) groups is 1. The van der Waals surface area contributed by atoms with Crippen molar-refractivity contribution in [3.05, 3.63) is 59.1 Å². The Labute approximate surface area is 170 Å². The van der Waals surface area contributed by atoms with Crippen LogP contribution in [0.3, 0.4) is 0 Å². The maximum Gasteiger partial charge on any atom is 0.335 e. The van der Waals surface area contributed by atoms with Crippen LogP contribution in [0.4, 0.5) is 11.4 Å². The molecule has 1 atom stereocenters. The number of hydrogen-bond donors (Lipinski definition) is 2. The third-order valence-corrected chi connectivity index (χ3v) is 5.46. The van der Waals surface area contributed by atoms with Crippen LogP contribution in [0.15, 0.2) is 53.5 Å². The second-order valence-corrected chi connectivity index (χ2v) is 7.62. The number of rotatable bonds is 5. The highest BCUT2D eigenvalue weighted by Crippen LogP contribution is 2.31. The number of nitrogens with zero attached hydrogens (tertiary/aromatic N) is 2. The summed E-state index contributed by atoms with van der Waals surface area (Å²) in [6.07, 6.45) is -0.0197. The largest absolute Gasteiger partial charge is 0.478 e. The minimum atomic E-state index is -1.04. The molecule has 0 radical (unpaired) electrons. The molecule has 2 amide bonds. The first-order chi connectivity index (χ1) is 13.3. The van der Waals surface area contributed by atoms with Gasteiger partial charge in [-0.25, -0.2) is 9.79 Å². The first-order valence-corrected chi connectivity index (χ1v) is 9.51. The number of carboxylic acid groups (broad SMARTS) is 1.